The molecule has 6 heterocycles. The van der Waals surface area contributed by atoms with Gasteiger partial charge in [-0.15, -0.1) is 0 Å². The number of anilines is 2. The average molecular weight is 810 g/mol. The maximum Gasteiger partial charge on any atom is 0.414 e. The van der Waals surface area contributed by atoms with Gasteiger partial charge in [0.25, 0.3) is 0 Å². The molecule has 7 rings (SSSR count). The van der Waals surface area contributed by atoms with Crippen molar-refractivity contribution in [3.8, 4) is 11.1 Å². The van der Waals surface area contributed by atoms with E-state index in [2.05, 4.69) is 24.8 Å². The minimum Gasteiger partial charge on any atom is -0.477 e. The highest BCUT2D eigenvalue weighted by Gasteiger charge is 2.42. The summed E-state index contributed by atoms with van der Waals surface area (Å²) in [6, 6.07) is 2.41. The van der Waals surface area contributed by atoms with Crippen molar-refractivity contribution in [3.05, 3.63) is 58.1 Å². The van der Waals surface area contributed by atoms with E-state index < -0.39 is 59.8 Å². The lowest BCUT2D eigenvalue weighted by Crippen LogP contribution is -2.35. The Balaban J connectivity index is 1.39. The summed E-state index contributed by atoms with van der Waals surface area (Å²) in [5.74, 6) is -3.52. The Morgan fingerprint density at radius 3 is 2.37 bits per heavy atom. The normalized spacial score (nSPS) is 17.9. The number of aromatic nitrogens is 4. The van der Waals surface area contributed by atoms with Crippen LogP contribution in [0, 0.1) is 17.6 Å². The number of carboxylic acids is 1. The standard InChI is InChI=1S/C39H46F2N7O8P/c1-38(2,3)55-57(53,56-39(4,5)6)19-54-37(52)47(9)26-13-25(40)30(41)28-29-32(48-11-10-20-16-45(7)18-27(20)48)23(15-42-34(29)44-31(26)28)21-12-22-33(49)24(36(50)51)17-46(8)35(22)43-14-21/h12-15,17,20,27H,10-11,16,18-19H2,1-9H3,(H,42,44)(H,50,51)/t20-,27+/m1/s1. The van der Waals surface area contributed by atoms with Crippen LogP contribution >= 0.6 is 7.60 Å². The summed E-state index contributed by atoms with van der Waals surface area (Å²) in [5.41, 5.74) is -1.17. The summed E-state index contributed by atoms with van der Waals surface area (Å²) < 4.78 is 64.5. The van der Waals surface area contributed by atoms with Crippen molar-refractivity contribution in [2.75, 3.05) is 49.9 Å². The molecule has 4 aromatic heterocycles. The first-order valence-corrected chi connectivity index (χ1v) is 20.2. The Bertz CT molecular complexity index is 2560. The van der Waals surface area contributed by atoms with Crippen LogP contribution in [-0.4, -0.2) is 98.9 Å². The van der Waals surface area contributed by atoms with E-state index in [4.69, 9.17) is 13.8 Å². The lowest BCUT2D eigenvalue weighted by molar-refractivity contribution is 0.0380. The second-order valence-corrected chi connectivity index (χ2v) is 18.7. The number of nitrogens with one attached hydrogen (secondary N) is 1. The number of ether oxygens (including phenoxy) is 1. The van der Waals surface area contributed by atoms with E-state index in [1.54, 1.807) is 60.9 Å². The van der Waals surface area contributed by atoms with Crippen molar-refractivity contribution >= 4 is 64.0 Å². The number of hydrogen-bond acceptors (Lipinski definition) is 11. The summed E-state index contributed by atoms with van der Waals surface area (Å²) in [4.78, 5) is 56.6. The fraction of sp³-hybridized carbons (Fsp3) is 0.462. The van der Waals surface area contributed by atoms with Gasteiger partial charge in [-0.25, -0.2) is 28.3 Å². The zero-order valence-corrected chi connectivity index (χ0v) is 34.2. The number of carbonyl (C=O) groups excluding carboxylic acids is 1. The predicted molar refractivity (Wildman–Crippen MR) is 212 cm³/mol. The van der Waals surface area contributed by atoms with Crippen LogP contribution < -0.4 is 15.2 Å². The third-order valence-electron chi connectivity index (χ3n) is 10.1. The largest absolute Gasteiger partial charge is 0.477 e. The maximum absolute atomic E-state index is 16.4. The number of likely N-dealkylation sites (N-methyl/N-ethyl adjacent to an activating group) is 1. The number of nitrogens with zero attached hydrogens (tertiary/aromatic N) is 6. The van der Waals surface area contributed by atoms with Crippen molar-refractivity contribution in [2.24, 2.45) is 13.0 Å². The summed E-state index contributed by atoms with van der Waals surface area (Å²) in [6.07, 6.45) is 3.35. The summed E-state index contributed by atoms with van der Waals surface area (Å²) in [5, 5.41) is 9.87. The molecular weight excluding hydrogens is 763 g/mol. The first-order valence-electron chi connectivity index (χ1n) is 18.5. The molecule has 15 nitrogen and oxygen atoms in total. The number of amides is 1. The lowest BCUT2D eigenvalue weighted by Gasteiger charge is -2.31. The first-order chi connectivity index (χ1) is 26.6. The van der Waals surface area contributed by atoms with Crippen LogP contribution in [0.2, 0.25) is 0 Å². The van der Waals surface area contributed by atoms with Crippen molar-refractivity contribution < 1.29 is 41.8 Å². The number of carbonyl (C=O) groups is 2. The highest BCUT2D eigenvalue weighted by molar-refractivity contribution is 7.53. The van der Waals surface area contributed by atoms with E-state index in [9.17, 15) is 24.1 Å². The average Bonchev–Trinajstić information content (AvgIpc) is 3.80. The van der Waals surface area contributed by atoms with E-state index in [-0.39, 0.29) is 50.6 Å². The van der Waals surface area contributed by atoms with Crippen molar-refractivity contribution in [3.63, 3.8) is 0 Å². The molecule has 2 fully saturated rings. The number of benzene rings is 1. The molecule has 0 radical (unpaired) electrons. The molecule has 2 N–H and O–H groups in total. The van der Waals surface area contributed by atoms with Gasteiger partial charge in [0.2, 0.25) is 5.43 Å². The number of carboxylic acid groups (broad SMARTS) is 1. The van der Waals surface area contributed by atoms with Crippen molar-refractivity contribution in [1.82, 2.24) is 24.4 Å². The van der Waals surface area contributed by atoms with Gasteiger partial charge in [0, 0.05) is 75.6 Å². The number of fused-ring (bicyclic) bond motifs is 5. The fourth-order valence-electron chi connectivity index (χ4n) is 8.05. The van der Waals surface area contributed by atoms with Gasteiger partial charge in [0.15, 0.2) is 18.0 Å². The first kappa shape index (κ1) is 40.2. The zero-order valence-electron chi connectivity index (χ0n) is 33.3. The van der Waals surface area contributed by atoms with Crippen molar-refractivity contribution in [1.29, 1.82) is 0 Å². The van der Waals surface area contributed by atoms with Gasteiger partial charge < -0.3 is 38.2 Å². The minimum atomic E-state index is -4.02. The topological polar surface area (TPSA) is 172 Å². The predicted octanol–water partition coefficient (Wildman–Crippen LogP) is 7.10. The van der Waals surface area contributed by atoms with Crippen molar-refractivity contribution in [2.45, 2.75) is 65.2 Å². The van der Waals surface area contributed by atoms with Crippen LogP contribution in [0.3, 0.4) is 0 Å². The maximum atomic E-state index is 16.4. The molecule has 2 atom stereocenters. The number of pyridine rings is 3. The number of H-pyrrole nitrogens is 1. The molecule has 0 bridgehead atoms. The molecule has 2 saturated heterocycles. The Morgan fingerprint density at radius 1 is 1.04 bits per heavy atom. The molecule has 2 aliphatic rings. The van der Waals surface area contributed by atoms with Gasteiger partial charge in [0.05, 0.1) is 44.3 Å². The summed E-state index contributed by atoms with van der Waals surface area (Å²) in [6.45, 7) is 12.2. The van der Waals surface area contributed by atoms with E-state index in [1.807, 2.05) is 7.05 Å². The third kappa shape index (κ3) is 7.49. The number of likely N-dealkylation sites (tertiary alicyclic amines) is 1. The number of halogens is 2. The van der Waals surface area contributed by atoms with Crippen LogP contribution in [0.4, 0.5) is 25.0 Å². The molecule has 304 valence electrons. The van der Waals surface area contributed by atoms with Gasteiger partial charge in [0.1, 0.15) is 16.9 Å². The zero-order chi connectivity index (χ0) is 41.5. The van der Waals surface area contributed by atoms with Gasteiger partial charge >= 0.3 is 19.7 Å². The second kappa shape index (κ2) is 14.1. The third-order valence-corrected chi connectivity index (χ3v) is 12.2. The SMILES string of the molecule is CN1C[C@H]2CCN(c3c(-c4cnc5c(c4)c(=O)c(C(=O)O)cn5C)cnc4[nH]c5c(N(C)C(=O)OCP(=O)(OC(C)(C)C)OC(C)(C)C)cc(F)c(F)c5c34)[C@H]2C1. The number of hydrogen-bond donors (Lipinski definition) is 2. The van der Waals surface area contributed by atoms with Gasteiger partial charge in [-0.05, 0) is 67.0 Å². The smallest absolute Gasteiger partial charge is 0.414 e. The molecular formula is C39H46F2N7O8P. The van der Waals surface area contributed by atoms with Crippen LogP contribution in [0.15, 0.2) is 35.5 Å². The van der Waals surface area contributed by atoms with Crippen LogP contribution in [0.5, 0.6) is 0 Å². The van der Waals surface area contributed by atoms with E-state index >= 15 is 8.78 Å². The highest BCUT2D eigenvalue weighted by atomic mass is 31.2. The number of rotatable bonds is 8. The van der Waals surface area contributed by atoms with Crippen LogP contribution in [0.25, 0.3) is 44.1 Å². The lowest BCUT2D eigenvalue weighted by atomic mass is 9.99. The van der Waals surface area contributed by atoms with Gasteiger partial charge in [-0.3, -0.25) is 14.3 Å². The molecule has 1 aromatic carbocycles. The number of aromatic carboxylic acids is 1. The molecule has 0 unspecified atom stereocenters. The molecule has 0 saturated carbocycles. The molecule has 1 amide bonds. The molecule has 57 heavy (non-hydrogen) atoms. The van der Waals surface area contributed by atoms with Crippen LogP contribution in [-0.2, 0) is 25.4 Å². The highest BCUT2D eigenvalue weighted by Crippen LogP contribution is 2.54. The molecule has 5 aromatic rings. The van der Waals surface area contributed by atoms with E-state index in [1.165, 1.54) is 24.0 Å². The molecule has 18 heteroatoms. The fourth-order valence-corrected chi connectivity index (χ4v) is 10.1. The van der Waals surface area contributed by atoms with Crippen LogP contribution in [0.1, 0.15) is 58.3 Å². The Hall–Kier alpha value is -4.96. The Kier molecular flexibility index (Phi) is 9.99. The molecule has 2 aliphatic heterocycles. The Morgan fingerprint density at radius 2 is 1.72 bits per heavy atom. The minimum absolute atomic E-state index is 0.000680. The molecule has 0 aliphatic carbocycles. The Labute approximate surface area is 327 Å². The molecule has 0 spiro atoms. The number of aromatic amines is 1. The quantitative estimate of drug-likeness (QED) is 0.153. The number of aryl methyl sites for hydroxylation is 1. The second-order valence-electron chi connectivity index (χ2n) is 16.8. The van der Waals surface area contributed by atoms with E-state index in [0.717, 1.165) is 23.9 Å². The summed E-state index contributed by atoms with van der Waals surface area (Å²) in [7, 11) is 0.904. The van der Waals surface area contributed by atoms with Gasteiger partial charge in [-0.1, -0.05) is 0 Å². The van der Waals surface area contributed by atoms with E-state index in [0.29, 0.717) is 29.9 Å². The van der Waals surface area contributed by atoms with Gasteiger partial charge in [-0.2, -0.15) is 0 Å². The summed E-state index contributed by atoms with van der Waals surface area (Å²) >= 11 is 0. The monoisotopic (exact) mass is 809 g/mol.